The van der Waals surface area contributed by atoms with E-state index in [9.17, 15) is 0 Å². The van der Waals surface area contributed by atoms with E-state index in [-0.39, 0.29) is 11.9 Å². The molecule has 0 saturated carbocycles. The molecule has 3 saturated heterocycles. The lowest BCUT2D eigenvalue weighted by atomic mass is 10.1. The van der Waals surface area contributed by atoms with E-state index in [0.717, 1.165) is 57.7 Å². The molecular formula is C22H34N2O3. The van der Waals surface area contributed by atoms with Crippen LogP contribution in [0.5, 0.6) is 5.75 Å². The second-order valence-corrected chi connectivity index (χ2v) is 8.16. The molecule has 5 nitrogen and oxygen atoms in total. The average Bonchev–Trinajstić information content (AvgIpc) is 3.09. The molecule has 1 atom stereocenters. The number of rotatable bonds is 7. The van der Waals surface area contributed by atoms with Crippen molar-refractivity contribution in [2.75, 3.05) is 45.9 Å². The monoisotopic (exact) mass is 374 g/mol. The third-order valence-corrected chi connectivity index (χ3v) is 6.00. The van der Waals surface area contributed by atoms with Crippen molar-refractivity contribution in [1.82, 2.24) is 10.2 Å². The number of likely N-dealkylation sites (tertiary alicyclic amines) is 1. The molecule has 150 valence electrons. The maximum absolute atomic E-state index is 6.26. The zero-order valence-corrected chi connectivity index (χ0v) is 16.5. The number of benzene rings is 1. The highest BCUT2D eigenvalue weighted by Gasteiger charge is 2.42. The minimum Gasteiger partial charge on any atom is -0.494 e. The lowest BCUT2D eigenvalue weighted by Crippen LogP contribution is -2.43. The summed E-state index contributed by atoms with van der Waals surface area (Å²) in [6.07, 6.45) is 8.19. The molecule has 0 aromatic heterocycles. The SMILES string of the molecule is c1cc(OCCCN2CCCCC2)ccc1CC1COC2(CCNCC2)O1. The van der Waals surface area contributed by atoms with Gasteiger partial charge in [-0.05, 0) is 50.0 Å². The number of ether oxygens (including phenoxy) is 3. The van der Waals surface area contributed by atoms with Gasteiger partial charge in [-0.1, -0.05) is 18.6 Å². The number of nitrogens with zero attached hydrogens (tertiary/aromatic N) is 1. The lowest BCUT2D eigenvalue weighted by molar-refractivity contribution is -0.182. The van der Waals surface area contributed by atoms with E-state index in [0.29, 0.717) is 6.61 Å². The third kappa shape index (κ3) is 5.44. The quantitative estimate of drug-likeness (QED) is 0.744. The molecular weight excluding hydrogens is 340 g/mol. The molecule has 3 fully saturated rings. The molecule has 1 N–H and O–H groups in total. The highest BCUT2D eigenvalue weighted by molar-refractivity contribution is 5.27. The van der Waals surface area contributed by atoms with Crippen LogP contribution in [0.3, 0.4) is 0 Å². The van der Waals surface area contributed by atoms with E-state index < -0.39 is 0 Å². The summed E-state index contributed by atoms with van der Waals surface area (Å²) < 4.78 is 18.2. The van der Waals surface area contributed by atoms with Crippen molar-refractivity contribution in [1.29, 1.82) is 0 Å². The van der Waals surface area contributed by atoms with Gasteiger partial charge in [0.2, 0.25) is 0 Å². The van der Waals surface area contributed by atoms with Crippen LogP contribution in [0, 0.1) is 0 Å². The van der Waals surface area contributed by atoms with Crippen LogP contribution >= 0.6 is 0 Å². The Kier molecular flexibility index (Phi) is 6.66. The van der Waals surface area contributed by atoms with Crippen molar-refractivity contribution in [2.45, 2.75) is 56.8 Å². The lowest BCUT2D eigenvalue weighted by Gasteiger charge is -2.32. The number of nitrogens with one attached hydrogen (secondary N) is 1. The number of piperidine rings is 2. The molecule has 1 spiro atoms. The van der Waals surface area contributed by atoms with E-state index >= 15 is 0 Å². The predicted molar refractivity (Wildman–Crippen MR) is 106 cm³/mol. The number of hydrogen-bond acceptors (Lipinski definition) is 5. The van der Waals surface area contributed by atoms with Crippen LogP contribution in [0.2, 0.25) is 0 Å². The molecule has 3 aliphatic heterocycles. The Bertz CT molecular complexity index is 565. The third-order valence-electron chi connectivity index (χ3n) is 6.00. The zero-order valence-electron chi connectivity index (χ0n) is 16.5. The van der Waals surface area contributed by atoms with Gasteiger partial charge in [0, 0.05) is 38.9 Å². The van der Waals surface area contributed by atoms with Crippen LogP contribution in [0.15, 0.2) is 24.3 Å². The molecule has 0 aliphatic carbocycles. The van der Waals surface area contributed by atoms with Crippen LogP contribution in [0.1, 0.15) is 44.1 Å². The van der Waals surface area contributed by atoms with E-state index in [1.165, 1.54) is 37.9 Å². The topological polar surface area (TPSA) is 43.0 Å². The summed E-state index contributed by atoms with van der Waals surface area (Å²) in [5.41, 5.74) is 1.29. The van der Waals surface area contributed by atoms with E-state index in [2.05, 4.69) is 34.5 Å². The van der Waals surface area contributed by atoms with Crippen LogP contribution < -0.4 is 10.1 Å². The van der Waals surface area contributed by atoms with Crippen molar-refractivity contribution < 1.29 is 14.2 Å². The van der Waals surface area contributed by atoms with Crippen molar-refractivity contribution in [3.8, 4) is 5.75 Å². The summed E-state index contributed by atoms with van der Waals surface area (Å²) in [7, 11) is 0. The summed E-state index contributed by atoms with van der Waals surface area (Å²) in [6.45, 7) is 7.15. The molecule has 3 aliphatic rings. The summed E-state index contributed by atoms with van der Waals surface area (Å²) in [5.74, 6) is 0.642. The maximum Gasteiger partial charge on any atom is 0.171 e. The first kappa shape index (κ1) is 19.2. The van der Waals surface area contributed by atoms with Crippen molar-refractivity contribution in [3.63, 3.8) is 0 Å². The van der Waals surface area contributed by atoms with Gasteiger partial charge in [0.1, 0.15) is 5.75 Å². The van der Waals surface area contributed by atoms with Gasteiger partial charge < -0.3 is 24.4 Å². The van der Waals surface area contributed by atoms with Crippen LogP contribution in [-0.4, -0.2) is 62.7 Å². The van der Waals surface area contributed by atoms with Crippen LogP contribution in [-0.2, 0) is 15.9 Å². The molecule has 0 bridgehead atoms. The van der Waals surface area contributed by atoms with Gasteiger partial charge in [0.25, 0.3) is 0 Å². The fraction of sp³-hybridized carbons (Fsp3) is 0.727. The molecule has 1 aromatic carbocycles. The van der Waals surface area contributed by atoms with Crippen molar-refractivity contribution >= 4 is 0 Å². The Hall–Kier alpha value is -1.14. The van der Waals surface area contributed by atoms with Gasteiger partial charge in [-0.2, -0.15) is 0 Å². The van der Waals surface area contributed by atoms with Gasteiger partial charge in [-0.25, -0.2) is 0 Å². The van der Waals surface area contributed by atoms with Crippen molar-refractivity contribution in [2.24, 2.45) is 0 Å². The zero-order chi connectivity index (χ0) is 18.4. The molecule has 27 heavy (non-hydrogen) atoms. The van der Waals surface area contributed by atoms with E-state index in [4.69, 9.17) is 14.2 Å². The molecule has 3 heterocycles. The fourth-order valence-electron chi connectivity index (χ4n) is 4.43. The van der Waals surface area contributed by atoms with E-state index in [1.54, 1.807) is 0 Å². The molecule has 5 heteroatoms. The maximum atomic E-state index is 6.26. The van der Waals surface area contributed by atoms with Gasteiger partial charge in [0.05, 0.1) is 19.3 Å². The van der Waals surface area contributed by atoms with Gasteiger partial charge in [0.15, 0.2) is 5.79 Å². The average molecular weight is 375 g/mol. The molecule has 1 aromatic rings. The fourth-order valence-corrected chi connectivity index (χ4v) is 4.43. The van der Waals surface area contributed by atoms with Gasteiger partial charge in [-0.15, -0.1) is 0 Å². The smallest absolute Gasteiger partial charge is 0.171 e. The van der Waals surface area contributed by atoms with E-state index in [1.807, 2.05) is 0 Å². The second kappa shape index (κ2) is 9.37. The first-order valence-electron chi connectivity index (χ1n) is 10.8. The number of hydrogen-bond donors (Lipinski definition) is 1. The largest absolute Gasteiger partial charge is 0.494 e. The summed E-state index contributed by atoms with van der Waals surface area (Å²) in [4.78, 5) is 2.56. The highest BCUT2D eigenvalue weighted by atomic mass is 16.7. The van der Waals surface area contributed by atoms with Crippen molar-refractivity contribution in [3.05, 3.63) is 29.8 Å². The standard InChI is InChI=1S/C22H34N2O3/c1-2-13-24(14-3-1)15-4-16-25-20-7-5-19(6-8-20)17-21-18-26-22(27-21)9-11-23-12-10-22/h5-8,21,23H,1-4,9-18H2. The Morgan fingerprint density at radius 3 is 2.63 bits per heavy atom. The summed E-state index contributed by atoms with van der Waals surface area (Å²) in [6, 6.07) is 8.51. The normalized spacial score (nSPS) is 25.7. The predicted octanol–water partition coefficient (Wildman–Crippen LogP) is 2.98. The highest BCUT2D eigenvalue weighted by Crippen LogP contribution is 2.33. The first-order valence-corrected chi connectivity index (χ1v) is 10.8. The summed E-state index contributed by atoms with van der Waals surface area (Å²) in [5, 5.41) is 3.37. The van der Waals surface area contributed by atoms with Crippen LogP contribution in [0.4, 0.5) is 0 Å². The van der Waals surface area contributed by atoms with Gasteiger partial charge >= 0.3 is 0 Å². The Morgan fingerprint density at radius 1 is 1.07 bits per heavy atom. The minimum atomic E-state index is -0.326. The first-order chi connectivity index (χ1) is 13.3. The van der Waals surface area contributed by atoms with Crippen LogP contribution in [0.25, 0.3) is 0 Å². The summed E-state index contributed by atoms with van der Waals surface area (Å²) >= 11 is 0. The molecule has 0 radical (unpaired) electrons. The second-order valence-electron chi connectivity index (χ2n) is 8.16. The minimum absolute atomic E-state index is 0.166. The Morgan fingerprint density at radius 2 is 1.85 bits per heavy atom. The van der Waals surface area contributed by atoms with Gasteiger partial charge in [-0.3, -0.25) is 0 Å². The Balaban J connectivity index is 1.16. The molecule has 0 amide bonds. The Labute approximate surface area is 163 Å². The molecule has 4 rings (SSSR count). The molecule has 1 unspecified atom stereocenters.